The summed E-state index contributed by atoms with van der Waals surface area (Å²) in [5.41, 5.74) is 6.94. The molecule has 1 heterocycles. The van der Waals surface area contributed by atoms with Gasteiger partial charge in [0, 0.05) is 16.1 Å². The van der Waals surface area contributed by atoms with E-state index in [0.29, 0.717) is 23.6 Å². The number of nitrogens with zero attached hydrogens (tertiary/aromatic N) is 2. The summed E-state index contributed by atoms with van der Waals surface area (Å²) < 4.78 is 15.4. The van der Waals surface area contributed by atoms with E-state index >= 15 is 0 Å². The molecule has 0 atom stereocenters. The minimum atomic E-state index is -0.335. The molecule has 6 heteroatoms. The van der Waals surface area contributed by atoms with Crippen LogP contribution >= 0.6 is 15.9 Å². The molecule has 0 spiro atoms. The Morgan fingerprint density at radius 1 is 1.41 bits per heavy atom. The zero-order chi connectivity index (χ0) is 12.4. The van der Waals surface area contributed by atoms with Crippen LogP contribution in [-0.2, 0) is 6.54 Å². The van der Waals surface area contributed by atoms with Gasteiger partial charge in [-0.2, -0.15) is 5.10 Å². The number of aliphatic hydroxyl groups excluding tert-OH is 1. The van der Waals surface area contributed by atoms with Crippen molar-refractivity contribution < 1.29 is 9.50 Å². The minimum Gasteiger partial charge on any atom is -0.394 e. The lowest BCUT2D eigenvalue weighted by Gasteiger charge is -2.01. The van der Waals surface area contributed by atoms with Crippen LogP contribution in [0.25, 0.3) is 11.3 Å². The van der Waals surface area contributed by atoms with Crippen molar-refractivity contribution in [3.8, 4) is 11.3 Å². The topological polar surface area (TPSA) is 64.1 Å². The predicted molar refractivity (Wildman–Crippen MR) is 66.8 cm³/mol. The summed E-state index contributed by atoms with van der Waals surface area (Å²) in [5, 5.41) is 13.0. The normalized spacial score (nSPS) is 10.8. The molecule has 0 amide bonds. The van der Waals surface area contributed by atoms with Crippen molar-refractivity contribution in [1.29, 1.82) is 0 Å². The number of hydrogen-bond donors (Lipinski definition) is 2. The Hall–Kier alpha value is -1.40. The number of nitrogens with two attached hydrogens (primary N) is 1. The Balaban J connectivity index is 2.45. The molecule has 1 aromatic carbocycles. The number of aliphatic hydroxyl groups is 1. The zero-order valence-corrected chi connectivity index (χ0v) is 10.5. The molecule has 4 nitrogen and oxygen atoms in total. The van der Waals surface area contributed by atoms with Gasteiger partial charge in [-0.05, 0) is 18.2 Å². The first kappa shape index (κ1) is 12.1. The van der Waals surface area contributed by atoms with E-state index in [1.54, 1.807) is 12.1 Å². The summed E-state index contributed by atoms with van der Waals surface area (Å²) in [5.74, 6) is 0.101. The number of nitrogen functional groups attached to an aromatic ring is 1. The largest absolute Gasteiger partial charge is 0.394 e. The van der Waals surface area contributed by atoms with Gasteiger partial charge in [0.25, 0.3) is 0 Å². The van der Waals surface area contributed by atoms with Crippen molar-refractivity contribution in [1.82, 2.24) is 9.78 Å². The van der Waals surface area contributed by atoms with Gasteiger partial charge in [0.05, 0.1) is 18.8 Å². The first-order valence-electron chi connectivity index (χ1n) is 5.01. The third kappa shape index (κ3) is 2.48. The lowest BCUT2D eigenvalue weighted by Crippen LogP contribution is -2.07. The number of anilines is 1. The van der Waals surface area contributed by atoms with Gasteiger partial charge in [-0.3, -0.25) is 0 Å². The maximum absolute atomic E-state index is 13.2. The number of aromatic nitrogens is 2. The summed E-state index contributed by atoms with van der Waals surface area (Å²) >= 11 is 3.33. The van der Waals surface area contributed by atoms with E-state index in [0.717, 1.165) is 4.47 Å². The van der Waals surface area contributed by atoms with E-state index in [-0.39, 0.29) is 12.4 Å². The molecule has 0 radical (unpaired) electrons. The van der Waals surface area contributed by atoms with Crippen LogP contribution in [0.4, 0.5) is 10.2 Å². The van der Waals surface area contributed by atoms with Crippen LogP contribution in [0.2, 0.25) is 0 Å². The average molecular weight is 300 g/mol. The summed E-state index contributed by atoms with van der Waals surface area (Å²) in [6.07, 6.45) is 0. The highest BCUT2D eigenvalue weighted by molar-refractivity contribution is 9.10. The fraction of sp³-hybridized carbons (Fsp3) is 0.182. The Labute approximate surface area is 106 Å². The summed E-state index contributed by atoms with van der Waals surface area (Å²) in [7, 11) is 0. The average Bonchev–Trinajstić information content (AvgIpc) is 2.64. The number of rotatable bonds is 3. The lowest BCUT2D eigenvalue weighted by atomic mass is 10.1. The molecule has 3 N–H and O–H groups in total. The van der Waals surface area contributed by atoms with Crippen molar-refractivity contribution in [2.45, 2.75) is 6.54 Å². The van der Waals surface area contributed by atoms with Gasteiger partial charge in [0.15, 0.2) is 0 Å². The zero-order valence-electron chi connectivity index (χ0n) is 8.90. The predicted octanol–water partition coefficient (Wildman–Crippen LogP) is 2.03. The second kappa shape index (κ2) is 4.85. The number of hydrogen-bond acceptors (Lipinski definition) is 3. The molecule has 0 aliphatic rings. The van der Waals surface area contributed by atoms with E-state index in [9.17, 15) is 4.39 Å². The third-order valence-corrected chi connectivity index (χ3v) is 3.02. The molecular weight excluding hydrogens is 289 g/mol. The van der Waals surface area contributed by atoms with Crippen molar-refractivity contribution in [3.05, 3.63) is 34.6 Å². The highest BCUT2D eigenvalue weighted by atomic mass is 79.9. The highest BCUT2D eigenvalue weighted by Crippen LogP contribution is 2.29. The quantitative estimate of drug-likeness (QED) is 0.911. The summed E-state index contributed by atoms with van der Waals surface area (Å²) in [6.45, 7) is 0.272. The van der Waals surface area contributed by atoms with Crippen molar-refractivity contribution in [3.63, 3.8) is 0 Å². The fourth-order valence-electron chi connectivity index (χ4n) is 1.53. The van der Waals surface area contributed by atoms with Crippen molar-refractivity contribution in [2.75, 3.05) is 12.3 Å². The smallest absolute Gasteiger partial charge is 0.123 e. The highest BCUT2D eigenvalue weighted by Gasteiger charge is 2.10. The van der Waals surface area contributed by atoms with Gasteiger partial charge >= 0.3 is 0 Å². The SMILES string of the molecule is Nc1cc(-c2cc(F)ccc2Br)nn1CCO. The molecule has 17 heavy (non-hydrogen) atoms. The molecule has 0 aliphatic heterocycles. The monoisotopic (exact) mass is 299 g/mol. The van der Waals surface area contributed by atoms with Gasteiger partial charge < -0.3 is 10.8 Å². The molecule has 0 aliphatic carbocycles. The molecule has 2 aromatic rings. The van der Waals surface area contributed by atoms with E-state index in [2.05, 4.69) is 21.0 Å². The molecule has 0 bridgehead atoms. The first-order valence-corrected chi connectivity index (χ1v) is 5.80. The van der Waals surface area contributed by atoms with E-state index < -0.39 is 0 Å². The van der Waals surface area contributed by atoms with Gasteiger partial charge in [0.2, 0.25) is 0 Å². The molecule has 0 saturated carbocycles. The molecule has 90 valence electrons. The van der Waals surface area contributed by atoms with Crippen LogP contribution in [0.3, 0.4) is 0 Å². The Morgan fingerprint density at radius 3 is 2.88 bits per heavy atom. The first-order chi connectivity index (χ1) is 8.11. The lowest BCUT2D eigenvalue weighted by molar-refractivity contribution is 0.270. The maximum atomic E-state index is 13.2. The van der Waals surface area contributed by atoms with Gasteiger partial charge in [-0.15, -0.1) is 0 Å². The second-order valence-corrected chi connectivity index (χ2v) is 4.38. The summed E-state index contributed by atoms with van der Waals surface area (Å²) in [4.78, 5) is 0. The molecule has 1 aromatic heterocycles. The molecular formula is C11H11BrFN3O. The van der Waals surface area contributed by atoms with E-state index in [4.69, 9.17) is 10.8 Å². The van der Waals surface area contributed by atoms with Crippen LogP contribution in [0.15, 0.2) is 28.7 Å². The number of halogens is 2. The Kier molecular flexibility index (Phi) is 3.44. The van der Waals surface area contributed by atoms with Gasteiger partial charge in [-0.1, -0.05) is 15.9 Å². The van der Waals surface area contributed by atoms with Crippen LogP contribution in [0, 0.1) is 5.82 Å². The molecule has 2 rings (SSSR count). The molecule has 0 fully saturated rings. The second-order valence-electron chi connectivity index (χ2n) is 3.53. The van der Waals surface area contributed by atoms with Gasteiger partial charge in [0.1, 0.15) is 11.6 Å². The van der Waals surface area contributed by atoms with Crippen molar-refractivity contribution >= 4 is 21.7 Å². The van der Waals surface area contributed by atoms with E-state index in [1.165, 1.54) is 16.8 Å². The number of benzene rings is 1. The van der Waals surface area contributed by atoms with Crippen LogP contribution in [-0.4, -0.2) is 21.5 Å². The minimum absolute atomic E-state index is 0.0460. The van der Waals surface area contributed by atoms with Crippen LogP contribution in [0.5, 0.6) is 0 Å². The summed E-state index contributed by atoms with van der Waals surface area (Å²) in [6, 6.07) is 6.01. The fourth-order valence-corrected chi connectivity index (χ4v) is 1.98. The Morgan fingerprint density at radius 2 is 2.18 bits per heavy atom. The standard InChI is InChI=1S/C11H11BrFN3O/c12-9-2-1-7(13)5-8(9)10-6-11(14)16(15-10)3-4-17/h1-2,5-6,17H,3-4,14H2. The van der Waals surface area contributed by atoms with Gasteiger partial charge in [-0.25, -0.2) is 9.07 Å². The maximum Gasteiger partial charge on any atom is 0.123 e. The molecule has 0 unspecified atom stereocenters. The van der Waals surface area contributed by atoms with Crippen LogP contribution in [0.1, 0.15) is 0 Å². The molecule has 0 saturated heterocycles. The van der Waals surface area contributed by atoms with Crippen LogP contribution < -0.4 is 5.73 Å². The third-order valence-electron chi connectivity index (χ3n) is 2.33. The van der Waals surface area contributed by atoms with E-state index in [1.807, 2.05) is 0 Å². The Bertz CT molecular complexity index is 542. The van der Waals surface area contributed by atoms with Crippen molar-refractivity contribution in [2.24, 2.45) is 0 Å².